The first-order valence-electron chi connectivity index (χ1n) is 9.63. The van der Waals surface area contributed by atoms with Crippen molar-refractivity contribution < 1.29 is 23.2 Å². The van der Waals surface area contributed by atoms with Crippen LogP contribution in [0, 0.1) is 0 Å². The van der Waals surface area contributed by atoms with Crippen molar-refractivity contribution >= 4 is 8.80 Å². The van der Waals surface area contributed by atoms with Crippen molar-refractivity contribution in [2.24, 2.45) is 0 Å². The Balaban J connectivity index is 2.52. The fourth-order valence-electron chi connectivity index (χ4n) is 3.83. The maximum Gasteiger partial charge on any atom is 0.501 e. The van der Waals surface area contributed by atoms with E-state index in [-0.39, 0.29) is 6.10 Å². The fraction of sp³-hybridized carbons (Fsp3) is 1.00. The highest BCUT2D eigenvalue weighted by Gasteiger charge is 2.46. The number of nitrogens with zero attached hydrogens (tertiary/aromatic N) is 1. The zero-order chi connectivity index (χ0) is 19.1. The molecule has 1 rings (SSSR count). The van der Waals surface area contributed by atoms with Gasteiger partial charge in [0.2, 0.25) is 0 Å². The third-order valence-electron chi connectivity index (χ3n) is 4.63. The van der Waals surface area contributed by atoms with E-state index in [1.807, 2.05) is 48.5 Å². The quantitative estimate of drug-likeness (QED) is 0.405. The van der Waals surface area contributed by atoms with Crippen LogP contribution >= 0.6 is 0 Å². The summed E-state index contributed by atoms with van der Waals surface area (Å²) in [4.78, 5) is 0. The normalized spacial score (nSPS) is 21.6. The molecule has 0 unspecified atom stereocenters. The van der Waals surface area contributed by atoms with Gasteiger partial charge in [0.05, 0.1) is 6.10 Å². The second kappa shape index (κ2) is 9.78. The van der Waals surface area contributed by atoms with E-state index in [0.717, 1.165) is 25.3 Å². The summed E-state index contributed by atoms with van der Waals surface area (Å²) in [6.07, 6.45) is 2.46. The third kappa shape index (κ3) is 6.57. The summed E-state index contributed by atoms with van der Waals surface area (Å²) >= 11 is 0. The zero-order valence-corrected chi connectivity index (χ0v) is 18.2. The SMILES string of the molecule is CCO[Si](CCCOC1CC(C)(C)N([O])C(C)(C)C1)(OCC)OCC. The Kier molecular flexibility index (Phi) is 9.00. The third-order valence-corrected chi connectivity index (χ3v) is 7.78. The van der Waals surface area contributed by atoms with Gasteiger partial charge in [0.15, 0.2) is 0 Å². The highest BCUT2D eigenvalue weighted by atomic mass is 28.4. The molecule has 1 fully saturated rings. The Morgan fingerprint density at radius 3 is 1.76 bits per heavy atom. The van der Waals surface area contributed by atoms with Crippen molar-refractivity contribution in [2.45, 2.75) is 91.0 Å². The maximum atomic E-state index is 12.4. The van der Waals surface area contributed by atoms with Gasteiger partial charge in [-0.1, -0.05) is 0 Å². The molecule has 0 amide bonds. The van der Waals surface area contributed by atoms with Crippen LogP contribution in [-0.2, 0) is 23.2 Å². The molecule has 1 radical (unpaired) electrons. The molecule has 0 spiro atoms. The Morgan fingerprint density at radius 1 is 0.920 bits per heavy atom. The molecular weight excluding hydrogens is 338 g/mol. The Labute approximate surface area is 155 Å². The summed E-state index contributed by atoms with van der Waals surface area (Å²) in [6.45, 7) is 16.3. The van der Waals surface area contributed by atoms with Crippen molar-refractivity contribution in [1.82, 2.24) is 5.06 Å². The molecule has 0 aromatic rings. The molecule has 0 aromatic carbocycles. The van der Waals surface area contributed by atoms with Gasteiger partial charge >= 0.3 is 8.80 Å². The summed E-state index contributed by atoms with van der Waals surface area (Å²) in [5.41, 5.74) is -0.792. The fourth-order valence-corrected chi connectivity index (χ4v) is 6.41. The number of hydroxylamine groups is 2. The van der Waals surface area contributed by atoms with Crippen LogP contribution in [-0.4, -0.2) is 57.5 Å². The Hall–Kier alpha value is -0.0231. The first-order chi connectivity index (χ1) is 11.6. The van der Waals surface area contributed by atoms with Gasteiger partial charge < -0.3 is 18.0 Å². The van der Waals surface area contributed by atoms with Crippen LogP contribution < -0.4 is 0 Å². The second-order valence-corrected chi connectivity index (χ2v) is 10.6. The lowest BCUT2D eigenvalue weighted by molar-refractivity contribution is -0.301. The number of hydrogen-bond acceptors (Lipinski definition) is 5. The number of rotatable bonds is 11. The molecule has 0 aliphatic carbocycles. The largest absolute Gasteiger partial charge is 0.501 e. The number of ether oxygens (including phenoxy) is 1. The van der Waals surface area contributed by atoms with E-state index < -0.39 is 19.9 Å². The molecule has 1 aliphatic heterocycles. The molecular formula is C18H38NO5Si. The van der Waals surface area contributed by atoms with Crippen LogP contribution in [0.5, 0.6) is 0 Å². The van der Waals surface area contributed by atoms with Crippen molar-refractivity contribution in [3.8, 4) is 0 Å². The lowest BCUT2D eigenvalue weighted by atomic mass is 9.80. The minimum Gasteiger partial charge on any atom is -0.378 e. The van der Waals surface area contributed by atoms with Crippen molar-refractivity contribution in [1.29, 1.82) is 0 Å². The predicted octanol–water partition coefficient (Wildman–Crippen LogP) is 3.81. The van der Waals surface area contributed by atoms with E-state index in [1.165, 1.54) is 5.06 Å². The lowest BCUT2D eigenvalue weighted by Gasteiger charge is -2.49. The monoisotopic (exact) mass is 376 g/mol. The van der Waals surface area contributed by atoms with Crippen LogP contribution in [0.1, 0.15) is 67.7 Å². The second-order valence-electron chi connectivity index (χ2n) is 7.91. The molecule has 0 N–H and O–H groups in total. The Bertz CT molecular complexity index is 357. The summed E-state index contributed by atoms with van der Waals surface area (Å²) < 4.78 is 23.7. The molecule has 149 valence electrons. The molecule has 0 saturated carbocycles. The maximum absolute atomic E-state index is 12.4. The van der Waals surface area contributed by atoms with Crippen molar-refractivity contribution in [3.05, 3.63) is 0 Å². The topological polar surface area (TPSA) is 60.1 Å². The first kappa shape index (κ1) is 23.0. The minimum absolute atomic E-state index is 0.109. The highest BCUT2D eigenvalue weighted by molar-refractivity contribution is 6.60. The lowest BCUT2D eigenvalue weighted by Crippen LogP contribution is -2.59. The van der Waals surface area contributed by atoms with Gasteiger partial charge in [-0.05, 0) is 67.7 Å². The van der Waals surface area contributed by atoms with Crippen LogP contribution in [0.4, 0.5) is 0 Å². The summed E-state index contributed by atoms with van der Waals surface area (Å²) in [6, 6.07) is 0.760. The van der Waals surface area contributed by atoms with E-state index in [1.54, 1.807) is 0 Å². The van der Waals surface area contributed by atoms with Gasteiger partial charge in [-0.25, -0.2) is 0 Å². The van der Waals surface area contributed by atoms with Crippen molar-refractivity contribution in [2.75, 3.05) is 26.4 Å². The van der Waals surface area contributed by atoms with Gasteiger partial charge in [-0.3, -0.25) is 0 Å². The average molecular weight is 377 g/mol. The van der Waals surface area contributed by atoms with E-state index in [0.29, 0.717) is 26.4 Å². The van der Waals surface area contributed by atoms with Gasteiger partial charge in [0.1, 0.15) is 0 Å². The molecule has 25 heavy (non-hydrogen) atoms. The van der Waals surface area contributed by atoms with E-state index in [9.17, 15) is 5.21 Å². The Morgan fingerprint density at radius 2 is 1.36 bits per heavy atom. The molecule has 0 aromatic heterocycles. The smallest absolute Gasteiger partial charge is 0.378 e. The van der Waals surface area contributed by atoms with E-state index >= 15 is 0 Å². The highest BCUT2D eigenvalue weighted by Crippen LogP contribution is 2.38. The predicted molar refractivity (Wildman–Crippen MR) is 99.7 cm³/mol. The molecule has 6 nitrogen and oxygen atoms in total. The first-order valence-corrected chi connectivity index (χ1v) is 11.6. The van der Waals surface area contributed by atoms with Gasteiger partial charge in [0, 0.05) is 43.5 Å². The summed E-state index contributed by atoms with van der Waals surface area (Å²) in [5, 5.41) is 13.6. The van der Waals surface area contributed by atoms with Crippen LogP contribution in [0.3, 0.4) is 0 Å². The van der Waals surface area contributed by atoms with Crippen LogP contribution in [0.15, 0.2) is 0 Å². The van der Waals surface area contributed by atoms with Gasteiger partial charge in [-0.15, -0.1) is 10.3 Å². The molecule has 0 atom stereocenters. The molecule has 0 bridgehead atoms. The average Bonchev–Trinajstić information content (AvgIpc) is 2.49. The zero-order valence-electron chi connectivity index (χ0n) is 17.2. The van der Waals surface area contributed by atoms with Crippen molar-refractivity contribution in [3.63, 3.8) is 0 Å². The summed E-state index contributed by atoms with van der Waals surface area (Å²) in [7, 11) is -2.59. The van der Waals surface area contributed by atoms with Crippen LogP contribution in [0.25, 0.3) is 0 Å². The van der Waals surface area contributed by atoms with E-state index in [4.69, 9.17) is 18.0 Å². The van der Waals surface area contributed by atoms with Gasteiger partial charge in [-0.2, -0.15) is 0 Å². The molecule has 7 heteroatoms. The van der Waals surface area contributed by atoms with Gasteiger partial charge in [0.25, 0.3) is 0 Å². The molecule has 1 heterocycles. The molecule has 1 saturated heterocycles. The molecule has 1 aliphatic rings. The minimum atomic E-state index is -2.59. The number of hydrogen-bond donors (Lipinski definition) is 0. The van der Waals surface area contributed by atoms with Crippen LogP contribution in [0.2, 0.25) is 6.04 Å². The van der Waals surface area contributed by atoms with E-state index in [2.05, 4.69) is 0 Å². The standard InChI is InChI=1S/C18H38NO5Si/c1-8-22-25(23-9-2,24-10-3)13-11-12-21-16-14-17(4,5)19(20)18(6,7)15-16/h16H,8-15H2,1-7H3. The summed E-state index contributed by atoms with van der Waals surface area (Å²) in [5.74, 6) is 0. The number of piperidine rings is 1.